The molecule has 1 saturated heterocycles. The van der Waals surface area contributed by atoms with Gasteiger partial charge in [-0.05, 0) is 42.7 Å². The highest BCUT2D eigenvalue weighted by atomic mass is 19.3. The fraction of sp³-hybridized carbons (Fsp3) is 0.333. The normalized spacial score (nSPS) is 14.7. The molecule has 3 rings (SSSR count). The predicted octanol–water partition coefficient (Wildman–Crippen LogP) is 3.41. The van der Waals surface area contributed by atoms with Crippen LogP contribution in [-0.4, -0.2) is 41.5 Å². The zero-order valence-electron chi connectivity index (χ0n) is 15.7. The number of amides is 2. The summed E-state index contributed by atoms with van der Waals surface area (Å²) in [4.78, 5) is 26.6. The van der Waals surface area contributed by atoms with E-state index < -0.39 is 6.61 Å². The Morgan fingerprint density at radius 1 is 1.10 bits per heavy atom. The largest absolute Gasteiger partial charge is 0.506 e. The SMILES string of the molecule is O=C(Nc1ccccc1O)C1CCN(C(=O)Cc2ccc(OC(F)F)cc2)CC1. The molecule has 0 unspecified atom stereocenters. The van der Waals surface area contributed by atoms with Gasteiger partial charge in [-0.25, -0.2) is 0 Å². The van der Waals surface area contributed by atoms with Gasteiger partial charge in [0.25, 0.3) is 0 Å². The van der Waals surface area contributed by atoms with Gasteiger partial charge in [0, 0.05) is 19.0 Å². The number of rotatable bonds is 6. The maximum absolute atomic E-state index is 12.5. The number of hydrogen-bond acceptors (Lipinski definition) is 4. The third kappa shape index (κ3) is 5.66. The minimum absolute atomic E-state index is 0.0124. The van der Waals surface area contributed by atoms with E-state index >= 15 is 0 Å². The van der Waals surface area contributed by atoms with Gasteiger partial charge in [0.2, 0.25) is 11.8 Å². The summed E-state index contributed by atoms with van der Waals surface area (Å²) in [7, 11) is 0. The molecule has 2 amide bonds. The summed E-state index contributed by atoms with van der Waals surface area (Å²) in [5, 5.41) is 12.5. The monoisotopic (exact) mass is 404 g/mol. The second-order valence-electron chi connectivity index (χ2n) is 6.86. The first-order valence-electron chi connectivity index (χ1n) is 9.33. The summed E-state index contributed by atoms with van der Waals surface area (Å²) in [6.45, 7) is -1.96. The number of nitrogens with one attached hydrogen (secondary N) is 1. The Balaban J connectivity index is 1.48. The Labute approximate surface area is 167 Å². The van der Waals surface area contributed by atoms with E-state index in [1.165, 1.54) is 18.2 Å². The number of nitrogens with zero attached hydrogens (tertiary/aromatic N) is 1. The number of alkyl halides is 2. The summed E-state index contributed by atoms with van der Waals surface area (Å²) in [5.74, 6) is -0.421. The number of ether oxygens (including phenoxy) is 1. The number of likely N-dealkylation sites (tertiary alicyclic amines) is 1. The molecule has 0 aliphatic carbocycles. The number of benzene rings is 2. The van der Waals surface area contributed by atoms with Crippen LogP contribution in [0.4, 0.5) is 14.5 Å². The lowest BCUT2D eigenvalue weighted by molar-refractivity contribution is -0.133. The standard InChI is InChI=1S/C21H22F2N2O4/c22-21(23)29-16-7-5-14(6-8-16)13-19(27)25-11-9-15(10-12-25)20(28)24-17-3-1-2-4-18(17)26/h1-8,15,21,26H,9-13H2,(H,24,28). The smallest absolute Gasteiger partial charge is 0.387 e. The van der Waals surface area contributed by atoms with Crippen molar-refractivity contribution >= 4 is 17.5 Å². The molecule has 2 aromatic rings. The minimum atomic E-state index is -2.88. The Bertz CT molecular complexity index is 850. The van der Waals surface area contributed by atoms with Crippen LogP contribution in [0.1, 0.15) is 18.4 Å². The van der Waals surface area contributed by atoms with Crippen LogP contribution in [0.2, 0.25) is 0 Å². The Hall–Kier alpha value is -3.16. The van der Waals surface area contributed by atoms with Gasteiger partial charge in [0.05, 0.1) is 12.1 Å². The van der Waals surface area contributed by atoms with Gasteiger partial charge < -0.3 is 20.1 Å². The molecule has 0 bridgehead atoms. The molecule has 1 fully saturated rings. The molecule has 1 aliphatic rings. The average Bonchev–Trinajstić information content (AvgIpc) is 2.71. The average molecular weight is 404 g/mol. The van der Waals surface area contributed by atoms with Gasteiger partial charge in [-0.2, -0.15) is 8.78 Å². The Morgan fingerprint density at radius 3 is 2.38 bits per heavy atom. The molecule has 2 N–H and O–H groups in total. The highest BCUT2D eigenvalue weighted by Gasteiger charge is 2.27. The number of phenols is 1. The molecule has 29 heavy (non-hydrogen) atoms. The predicted molar refractivity (Wildman–Crippen MR) is 103 cm³/mol. The van der Waals surface area contributed by atoms with Crippen molar-refractivity contribution in [3.05, 3.63) is 54.1 Å². The van der Waals surface area contributed by atoms with Crippen molar-refractivity contribution in [2.75, 3.05) is 18.4 Å². The van der Waals surface area contributed by atoms with Gasteiger partial charge in [0.15, 0.2) is 0 Å². The number of phenolic OH excluding ortho intramolecular Hbond substituents is 1. The molecule has 0 spiro atoms. The first-order chi connectivity index (χ1) is 13.9. The second kappa shape index (κ2) is 9.36. The van der Waals surface area contributed by atoms with E-state index in [0.29, 0.717) is 37.2 Å². The third-order valence-corrected chi connectivity index (χ3v) is 4.88. The number of piperidine rings is 1. The van der Waals surface area contributed by atoms with Gasteiger partial charge in [0.1, 0.15) is 11.5 Å². The molecule has 0 saturated carbocycles. The fourth-order valence-corrected chi connectivity index (χ4v) is 3.28. The molecule has 0 aromatic heterocycles. The molecular formula is C21H22F2N2O4. The lowest BCUT2D eigenvalue weighted by atomic mass is 9.95. The maximum atomic E-state index is 12.5. The fourth-order valence-electron chi connectivity index (χ4n) is 3.28. The van der Waals surface area contributed by atoms with E-state index in [9.17, 15) is 23.5 Å². The lowest BCUT2D eigenvalue weighted by Gasteiger charge is -2.31. The van der Waals surface area contributed by atoms with Crippen molar-refractivity contribution in [1.29, 1.82) is 0 Å². The van der Waals surface area contributed by atoms with Crippen LogP contribution in [-0.2, 0) is 16.0 Å². The Kier molecular flexibility index (Phi) is 6.64. The van der Waals surface area contributed by atoms with Crippen molar-refractivity contribution in [2.45, 2.75) is 25.9 Å². The van der Waals surface area contributed by atoms with E-state index in [1.54, 1.807) is 35.2 Å². The highest BCUT2D eigenvalue weighted by Crippen LogP contribution is 2.25. The van der Waals surface area contributed by atoms with E-state index in [-0.39, 0.29) is 35.7 Å². The number of para-hydroxylation sites is 2. The number of halogens is 2. The van der Waals surface area contributed by atoms with Gasteiger partial charge in [-0.1, -0.05) is 24.3 Å². The molecule has 1 aliphatic heterocycles. The van der Waals surface area contributed by atoms with Crippen LogP contribution >= 0.6 is 0 Å². The van der Waals surface area contributed by atoms with Crippen molar-refractivity contribution in [3.63, 3.8) is 0 Å². The van der Waals surface area contributed by atoms with Crippen LogP contribution < -0.4 is 10.1 Å². The maximum Gasteiger partial charge on any atom is 0.387 e. The zero-order chi connectivity index (χ0) is 20.8. The molecular weight excluding hydrogens is 382 g/mol. The van der Waals surface area contributed by atoms with Crippen molar-refractivity contribution in [3.8, 4) is 11.5 Å². The van der Waals surface area contributed by atoms with Crippen LogP contribution in [0.5, 0.6) is 11.5 Å². The summed E-state index contributed by atoms with van der Waals surface area (Å²) >= 11 is 0. The van der Waals surface area contributed by atoms with E-state index in [1.807, 2.05) is 0 Å². The number of carbonyl (C=O) groups excluding carboxylic acids is 2. The van der Waals surface area contributed by atoms with E-state index in [2.05, 4.69) is 10.1 Å². The first kappa shape index (κ1) is 20.6. The molecule has 8 heteroatoms. The van der Waals surface area contributed by atoms with Crippen LogP contribution in [0.15, 0.2) is 48.5 Å². The van der Waals surface area contributed by atoms with Gasteiger partial charge in [-0.15, -0.1) is 0 Å². The number of anilines is 1. The lowest BCUT2D eigenvalue weighted by Crippen LogP contribution is -2.42. The molecule has 0 atom stereocenters. The Morgan fingerprint density at radius 2 is 1.76 bits per heavy atom. The topological polar surface area (TPSA) is 78.9 Å². The quantitative estimate of drug-likeness (QED) is 0.724. The highest BCUT2D eigenvalue weighted by molar-refractivity contribution is 5.94. The molecule has 154 valence electrons. The van der Waals surface area contributed by atoms with Gasteiger partial charge in [-0.3, -0.25) is 9.59 Å². The summed E-state index contributed by atoms with van der Waals surface area (Å²) < 4.78 is 28.7. The van der Waals surface area contributed by atoms with Gasteiger partial charge >= 0.3 is 6.61 Å². The van der Waals surface area contributed by atoms with E-state index in [0.717, 1.165) is 0 Å². The number of carbonyl (C=O) groups is 2. The first-order valence-corrected chi connectivity index (χ1v) is 9.33. The molecule has 1 heterocycles. The third-order valence-electron chi connectivity index (χ3n) is 4.88. The van der Waals surface area contributed by atoms with Crippen molar-refractivity contribution < 1.29 is 28.2 Å². The summed E-state index contributed by atoms with van der Waals surface area (Å²) in [5.41, 5.74) is 1.08. The zero-order valence-corrected chi connectivity index (χ0v) is 15.7. The molecule has 0 radical (unpaired) electrons. The van der Waals surface area contributed by atoms with E-state index in [4.69, 9.17) is 0 Å². The molecule has 2 aromatic carbocycles. The van der Waals surface area contributed by atoms with Crippen molar-refractivity contribution in [2.24, 2.45) is 5.92 Å². The second-order valence-corrected chi connectivity index (χ2v) is 6.86. The van der Waals surface area contributed by atoms with Crippen molar-refractivity contribution in [1.82, 2.24) is 4.90 Å². The van der Waals surface area contributed by atoms with Crippen LogP contribution in [0.25, 0.3) is 0 Å². The number of aromatic hydroxyl groups is 1. The summed E-state index contributed by atoms with van der Waals surface area (Å²) in [6.07, 6.45) is 1.22. The molecule has 6 nitrogen and oxygen atoms in total. The van der Waals surface area contributed by atoms with Crippen LogP contribution in [0.3, 0.4) is 0 Å². The number of hydrogen-bond donors (Lipinski definition) is 2. The minimum Gasteiger partial charge on any atom is -0.506 e. The summed E-state index contributed by atoms with van der Waals surface area (Å²) in [6, 6.07) is 12.5. The van der Waals surface area contributed by atoms with Crippen LogP contribution in [0, 0.1) is 5.92 Å².